The van der Waals surface area contributed by atoms with Crippen molar-refractivity contribution in [3.63, 3.8) is 0 Å². The van der Waals surface area contributed by atoms with Crippen LogP contribution >= 0.6 is 0 Å². The highest BCUT2D eigenvalue weighted by molar-refractivity contribution is 5.92. The molecule has 44 heavy (non-hydrogen) atoms. The Hall–Kier alpha value is -5.04. The Morgan fingerprint density at radius 3 is 1.61 bits per heavy atom. The first-order valence-corrected chi connectivity index (χ1v) is 14.5. The molecule has 0 unspecified atom stereocenters. The van der Waals surface area contributed by atoms with Crippen molar-refractivity contribution in [3.8, 4) is 51.4 Å². The lowest BCUT2D eigenvalue weighted by atomic mass is 9.84. The first-order chi connectivity index (χ1) is 20.7. The molecule has 0 saturated heterocycles. The zero-order valence-corrected chi connectivity index (χ0v) is 26.4. The molecule has 0 atom stereocenters. The highest BCUT2D eigenvalue weighted by Gasteiger charge is 2.23. The summed E-state index contributed by atoms with van der Waals surface area (Å²) in [6.45, 7) is 15.7. The Labute approximate surface area is 258 Å². The molecule has 0 spiro atoms. The summed E-state index contributed by atoms with van der Waals surface area (Å²) in [5, 5.41) is 21.7. The van der Waals surface area contributed by atoms with E-state index in [-0.39, 0.29) is 22.7 Å². The molecule has 7 nitrogen and oxygen atoms in total. The highest BCUT2D eigenvalue weighted by Crippen LogP contribution is 2.36. The summed E-state index contributed by atoms with van der Waals surface area (Å²) in [4.78, 5) is 27.5. The van der Waals surface area contributed by atoms with Crippen LogP contribution in [0.3, 0.4) is 0 Å². The zero-order chi connectivity index (χ0) is 31.9. The van der Waals surface area contributed by atoms with Gasteiger partial charge < -0.3 is 14.9 Å². The number of carbonyl (C=O) groups excluding carboxylic acids is 1. The lowest BCUT2D eigenvalue weighted by Crippen LogP contribution is -2.15. The molecule has 0 bridgehead atoms. The van der Waals surface area contributed by atoms with Gasteiger partial charge in [-0.05, 0) is 81.0 Å². The van der Waals surface area contributed by atoms with Gasteiger partial charge >= 0.3 is 5.97 Å². The largest absolute Gasteiger partial charge is 0.507 e. The van der Waals surface area contributed by atoms with Crippen molar-refractivity contribution in [1.82, 2.24) is 15.0 Å². The van der Waals surface area contributed by atoms with Crippen molar-refractivity contribution in [2.45, 2.75) is 60.8 Å². The summed E-state index contributed by atoms with van der Waals surface area (Å²) in [7, 11) is 0. The van der Waals surface area contributed by atoms with Gasteiger partial charge in [0.1, 0.15) is 17.2 Å². The molecule has 1 aromatic heterocycles. The first kappa shape index (κ1) is 30.4. The second kappa shape index (κ2) is 11.6. The second-order valence-corrected chi connectivity index (χ2v) is 12.5. The zero-order valence-electron chi connectivity index (χ0n) is 26.4. The number of phenols is 2. The Morgan fingerprint density at radius 2 is 1.14 bits per heavy atom. The van der Waals surface area contributed by atoms with E-state index in [2.05, 4.69) is 12.1 Å². The van der Waals surface area contributed by atoms with Crippen LogP contribution in [0.15, 0.2) is 66.7 Å². The van der Waals surface area contributed by atoms with Crippen LogP contribution in [-0.4, -0.2) is 31.1 Å². The minimum absolute atomic E-state index is 0.142. The maximum atomic E-state index is 13.1. The molecule has 0 aliphatic heterocycles. The fraction of sp³-hybridized carbons (Fsp3) is 0.243. The van der Waals surface area contributed by atoms with E-state index in [0.29, 0.717) is 39.7 Å². The molecule has 0 amide bonds. The summed E-state index contributed by atoms with van der Waals surface area (Å²) in [5.41, 5.74) is 7.60. The van der Waals surface area contributed by atoms with Gasteiger partial charge in [0.15, 0.2) is 17.5 Å². The number of esters is 1. The summed E-state index contributed by atoms with van der Waals surface area (Å²) in [5.74, 6) is 0.872. The van der Waals surface area contributed by atoms with Gasteiger partial charge in [0, 0.05) is 22.8 Å². The van der Waals surface area contributed by atoms with Crippen molar-refractivity contribution >= 4 is 5.97 Å². The van der Waals surface area contributed by atoms with Crippen LogP contribution in [0.4, 0.5) is 0 Å². The number of hydrogen-bond donors (Lipinski definition) is 2. The maximum absolute atomic E-state index is 13.1. The fourth-order valence-corrected chi connectivity index (χ4v) is 5.27. The van der Waals surface area contributed by atoms with E-state index in [1.165, 1.54) is 6.07 Å². The number of aryl methyl sites for hydroxylation is 5. The van der Waals surface area contributed by atoms with Crippen molar-refractivity contribution < 1.29 is 19.7 Å². The third kappa shape index (κ3) is 6.18. The summed E-state index contributed by atoms with van der Waals surface area (Å²) < 4.78 is 5.64. The quantitative estimate of drug-likeness (QED) is 0.157. The van der Waals surface area contributed by atoms with Gasteiger partial charge in [-0.1, -0.05) is 68.3 Å². The Bertz CT molecular complexity index is 1850. The topological polar surface area (TPSA) is 105 Å². The SMILES string of the molecule is Cc1ccc(-c2nc(-c3ccc(C)cc3C)nc(-c3ccc(OC(=O)c4cc(C)c(O)c(C(C)(C)C)c4)cc3O)n2)c(C)c1. The third-order valence-corrected chi connectivity index (χ3v) is 7.65. The van der Waals surface area contributed by atoms with E-state index in [9.17, 15) is 15.0 Å². The van der Waals surface area contributed by atoms with Crippen LogP contribution < -0.4 is 4.74 Å². The molecule has 0 saturated carbocycles. The molecule has 0 aliphatic rings. The number of hydrogen-bond acceptors (Lipinski definition) is 7. The second-order valence-electron chi connectivity index (χ2n) is 12.5. The number of rotatable bonds is 5. The van der Waals surface area contributed by atoms with Crippen LogP contribution in [-0.2, 0) is 5.41 Å². The molecule has 5 rings (SSSR count). The van der Waals surface area contributed by atoms with Crippen molar-refractivity contribution in [3.05, 3.63) is 106 Å². The standard InChI is InChI=1S/C37H37N3O4/c1-20-9-12-27(22(3)15-20)33-38-34(28-13-10-21(2)16-23(28)4)40-35(39-33)29-14-11-26(19-31(29)41)44-36(43)25-17-24(5)32(42)30(18-25)37(6,7)8/h9-19,41-42H,1-8H3. The Balaban J connectivity index is 1.54. The third-order valence-electron chi connectivity index (χ3n) is 7.65. The molecule has 224 valence electrons. The van der Waals surface area contributed by atoms with Crippen LogP contribution in [0.1, 0.15) is 64.5 Å². The van der Waals surface area contributed by atoms with Gasteiger partial charge in [0.25, 0.3) is 0 Å². The molecule has 5 aromatic rings. The van der Waals surface area contributed by atoms with E-state index in [4.69, 9.17) is 19.7 Å². The van der Waals surface area contributed by atoms with Gasteiger partial charge in [-0.25, -0.2) is 19.7 Å². The summed E-state index contributed by atoms with van der Waals surface area (Å²) >= 11 is 0. The fourth-order valence-electron chi connectivity index (χ4n) is 5.27. The van der Waals surface area contributed by atoms with Crippen LogP contribution in [0.2, 0.25) is 0 Å². The number of aromatic hydroxyl groups is 2. The summed E-state index contributed by atoms with van der Waals surface area (Å²) in [6, 6.07) is 20.0. The van der Waals surface area contributed by atoms with E-state index in [1.807, 2.05) is 72.7 Å². The molecular weight excluding hydrogens is 550 g/mol. The number of aromatic nitrogens is 3. The molecule has 0 radical (unpaired) electrons. The molecular formula is C37H37N3O4. The van der Waals surface area contributed by atoms with Crippen molar-refractivity contribution in [1.29, 1.82) is 0 Å². The predicted molar refractivity (Wildman–Crippen MR) is 173 cm³/mol. The minimum atomic E-state index is -0.597. The maximum Gasteiger partial charge on any atom is 0.343 e. The number of nitrogens with zero attached hydrogens (tertiary/aromatic N) is 3. The van der Waals surface area contributed by atoms with Gasteiger partial charge in [0.2, 0.25) is 0 Å². The van der Waals surface area contributed by atoms with E-state index in [0.717, 1.165) is 33.4 Å². The average molecular weight is 588 g/mol. The van der Waals surface area contributed by atoms with Crippen molar-refractivity contribution in [2.75, 3.05) is 0 Å². The molecule has 0 fully saturated rings. The molecule has 2 N–H and O–H groups in total. The Morgan fingerprint density at radius 1 is 0.636 bits per heavy atom. The van der Waals surface area contributed by atoms with E-state index < -0.39 is 5.97 Å². The van der Waals surface area contributed by atoms with Gasteiger partial charge in [-0.3, -0.25) is 0 Å². The normalized spacial score (nSPS) is 11.5. The van der Waals surface area contributed by atoms with Gasteiger partial charge in [-0.15, -0.1) is 0 Å². The lowest BCUT2D eigenvalue weighted by Gasteiger charge is -2.22. The van der Waals surface area contributed by atoms with Gasteiger partial charge in [0.05, 0.1) is 11.1 Å². The lowest BCUT2D eigenvalue weighted by molar-refractivity contribution is 0.0734. The van der Waals surface area contributed by atoms with Crippen molar-refractivity contribution in [2.24, 2.45) is 0 Å². The number of benzene rings is 4. The Kier molecular flexibility index (Phi) is 8.00. The van der Waals surface area contributed by atoms with E-state index in [1.54, 1.807) is 31.2 Å². The minimum Gasteiger partial charge on any atom is -0.507 e. The molecule has 7 heteroatoms. The predicted octanol–water partition coefficient (Wildman–Crippen LogP) is 8.34. The number of ether oxygens (including phenoxy) is 1. The van der Waals surface area contributed by atoms with Crippen LogP contribution in [0.25, 0.3) is 34.2 Å². The molecule has 4 aromatic carbocycles. The van der Waals surface area contributed by atoms with Crippen LogP contribution in [0, 0.1) is 34.6 Å². The monoisotopic (exact) mass is 587 g/mol. The molecule has 0 aliphatic carbocycles. The smallest absolute Gasteiger partial charge is 0.343 e. The summed E-state index contributed by atoms with van der Waals surface area (Å²) in [6.07, 6.45) is 0. The highest BCUT2D eigenvalue weighted by atomic mass is 16.5. The first-order valence-electron chi connectivity index (χ1n) is 14.5. The molecule has 1 heterocycles. The number of phenolic OH excluding ortho intramolecular Hbond substituents is 2. The van der Waals surface area contributed by atoms with Gasteiger partial charge in [-0.2, -0.15) is 0 Å². The van der Waals surface area contributed by atoms with E-state index >= 15 is 0 Å². The van der Waals surface area contributed by atoms with Crippen LogP contribution in [0.5, 0.6) is 17.2 Å². The number of carbonyl (C=O) groups is 1. The average Bonchev–Trinajstić information content (AvgIpc) is 2.93.